The lowest BCUT2D eigenvalue weighted by molar-refractivity contribution is 0.102. The number of benzene rings is 2. The van der Waals surface area contributed by atoms with Crippen LogP contribution in [0.2, 0.25) is 0 Å². The van der Waals surface area contributed by atoms with Crippen LogP contribution in [0.15, 0.2) is 60.8 Å². The molecule has 4 rings (SSSR count). The summed E-state index contributed by atoms with van der Waals surface area (Å²) in [5.41, 5.74) is 2.38. The zero-order valence-electron chi connectivity index (χ0n) is 17.0. The van der Waals surface area contributed by atoms with Gasteiger partial charge in [-0.2, -0.15) is 0 Å². The van der Waals surface area contributed by atoms with Gasteiger partial charge in [0.05, 0.1) is 20.4 Å². The highest BCUT2D eigenvalue weighted by Gasteiger charge is 2.14. The van der Waals surface area contributed by atoms with E-state index >= 15 is 0 Å². The van der Waals surface area contributed by atoms with Gasteiger partial charge in [0.1, 0.15) is 11.6 Å². The van der Waals surface area contributed by atoms with Crippen LogP contribution in [0.3, 0.4) is 0 Å². The fraction of sp³-hybridized carbons (Fsp3) is 0.136. The zero-order valence-corrected chi connectivity index (χ0v) is 17.0. The molecule has 0 radical (unpaired) electrons. The second-order valence-corrected chi connectivity index (χ2v) is 6.68. The number of imidazole rings is 1. The third-order valence-corrected chi connectivity index (χ3v) is 4.64. The smallest absolute Gasteiger partial charge is 0.276 e. The van der Waals surface area contributed by atoms with Crippen LogP contribution in [-0.2, 0) is 6.54 Å². The number of hydrogen-bond acceptors (Lipinski definition) is 7. The molecule has 158 valence electrons. The fourth-order valence-electron chi connectivity index (χ4n) is 3.05. The SMILES string of the molecule is COc1ccc(CNc2ccc3ncc(C(=O)Nc4ccc(O)cc4)n3n2)cc1OC. The molecule has 0 saturated heterocycles. The molecule has 9 heteroatoms. The number of amides is 1. The monoisotopic (exact) mass is 419 g/mol. The summed E-state index contributed by atoms with van der Waals surface area (Å²) in [4.78, 5) is 16.9. The number of carbonyl (C=O) groups is 1. The second-order valence-electron chi connectivity index (χ2n) is 6.68. The van der Waals surface area contributed by atoms with Crippen molar-refractivity contribution < 1.29 is 19.4 Å². The number of ether oxygens (including phenoxy) is 2. The van der Waals surface area contributed by atoms with Crippen LogP contribution in [0, 0.1) is 0 Å². The van der Waals surface area contributed by atoms with Crippen LogP contribution in [0.5, 0.6) is 17.2 Å². The van der Waals surface area contributed by atoms with Gasteiger partial charge in [-0.3, -0.25) is 4.79 Å². The van der Waals surface area contributed by atoms with Crippen molar-refractivity contribution in [1.29, 1.82) is 0 Å². The number of rotatable bonds is 7. The Kier molecular flexibility index (Phi) is 5.57. The minimum atomic E-state index is -0.359. The highest BCUT2D eigenvalue weighted by molar-refractivity contribution is 6.03. The number of phenols is 1. The van der Waals surface area contributed by atoms with E-state index in [1.165, 1.54) is 22.8 Å². The van der Waals surface area contributed by atoms with Crippen molar-refractivity contribution in [2.45, 2.75) is 6.54 Å². The summed E-state index contributed by atoms with van der Waals surface area (Å²) in [6.45, 7) is 0.503. The number of fused-ring (bicyclic) bond motifs is 1. The largest absolute Gasteiger partial charge is 0.508 e. The normalized spacial score (nSPS) is 10.6. The van der Waals surface area contributed by atoms with Crippen LogP contribution < -0.4 is 20.1 Å². The Morgan fingerprint density at radius 1 is 1.03 bits per heavy atom. The van der Waals surface area contributed by atoms with Crippen molar-refractivity contribution in [2.24, 2.45) is 0 Å². The molecule has 2 heterocycles. The maximum atomic E-state index is 12.7. The summed E-state index contributed by atoms with van der Waals surface area (Å²) in [6, 6.07) is 15.5. The number of aromatic hydroxyl groups is 1. The van der Waals surface area contributed by atoms with Crippen LogP contribution in [0.4, 0.5) is 11.5 Å². The lowest BCUT2D eigenvalue weighted by Gasteiger charge is -2.11. The average Bonchev–Trinajstić information content (AvgIpc) is 3.22. The van der Waals surface area contributed by atoms with Gasteiger partial charge in [-0.1, -0.05) is 6.07 Å². The summed E-state index contributed by atoms with van der Waals surface area (Å²) < 4.78 is 12.1. The first-order valence-electron chi connectivity index (χ1n) is 9.47. The fourth-order valence-corrected chi connectivity index (χ4v) is 3.05. The molecule has 3 N–H and O–H groups in total. The van der Waals surface area contributed by atoms with E-state index in [1.54, 1.807) is 38.5 Å². The van der Waals surface area contributed by atoms with E-state index in [9.17, 15) is 9.90 Å². The Bertz CT molecular complexity index is 1220. The number of methoxy groups -OCH3 is 2. The minimum absolute atomic E-state index is 0.125. The molecule has 0 bridgehead atoms. The van der Waals surface area contributed by atoms with Crippen LogP contribution in [0.25, 0.3) is 5.65 Å². The highest BCUT2D eigenvalue weighted by atomic mass is 16.5. The van der Waals surface area contributed by atoms with Gasteiger partial charge in [0.25, 0.3) is 5.91 Å². The standard InChI is InChI=1S/C22H21N5O4/c1-30-18-8-3-14(11-19(18)31-2)12-23-20-9-10-21-24-13-17(27(21)26-20)22(29)25-15-4-6-16(28)7-5-15/h3-11,13,28H,12H2,1-2H3,(H,23,26)(H,25,29). The number of anilines is 2. The summed E-state index contributed by atoms with van der Waals surface area (Å²) in [5.74, 6) is 1.66. The van der Waals surface area contributed by atoms with E-state index in [2.05, 4.69) is 20.7 Å². The summed E-state index contributed by atoms with van der Waals surface area (Å²) in [6.07, 6.45) is 1.47. The molecule has 0 aliphatic rings. The second kappa shape index (κ2) is 8.62. The third-order valence-electron chi connectivity index (χ3n) is 4.64. The Morgan fingerprint density at radius 3 is 2.55 bits per heavy atom. The van der Waals surface area contributed by atoms with Crippen LogP contribution in [-0.4, -0.2) is 39.8 Å². The molecular formula is C22H21N5O4. The number of hydrogen-bond donors (Lipinski definition) is 3. The number of nitrogens with zero attached hydrogens (tertiary/aromatic N) is 3. The quantitative estimate of drug-likeness (QED) is 0.394. The van der Waals surface area contributed by atoms with Crippen LogP contribution >= 0.6 is 0 Å². The van der Waals surface area contributed by atoms with Crippen LogP contribution in [0.1, 0.15) is 16.1 Å². The van der Waals surface area contributed by atoms with E-state index < -0.39 is 0 Å². The van der Waals surface area contributed by atoms with Crippen molar-refractivity contribution in [3.05, 3.63) is 72.1 Å². The summed E-state index contributed by atoms with van der Waals surface area (Å²) >= 11 is 0. The Morgan fingerprint density at radius 2 is 1.81 bits per heavy atom. The number of phenolic OH excluding ortho intramolecular Hbond substituents is 1. The number of nitrogens with one attached hydrogen (secondary N) is 2. The molecule has 0 atom stereocenters. The van der Waals surface area contributed by atoms with Crippen molar-refractivity contribution in [2.75, 3.05) is 24.9 Å². The molecule has 0 unspecified atom stereocenters. The van der Waals surface area contributed by atoms with E-state index in [0.29, 0.717) is 35.2 Å². The first-order valence-corrected chi connectivity index (χ1v) is 9.47. The zero-order chi connectivity index (χ0) is 21.8. The highest BCUT2D eigenvalue weighted by Crippen LogP contribution is 2.27. The molecule has 31 heavy (non-hydrogen) atoms. The van der Waals surface area contributed by atoms with E-state index in [-0.39, 0.29) is 17.4 Å². The van der Waals surface area contributed by atoms with Crippen molar-refractivity contribution in [1.82, 2.24) is 14.6 Å². The average molecular weight is 419 g/mol. The third kappa shape index (κ3) is 4.35. The van der Waals surface area contributed by atoms with E-state index in [0.717, 1.165) is 5.56 Å². The number of aromatic nitrogens is 3. The number of carbonyl (C=O) groups excluding carboxylic acids is 1. The predicted molar refractivity (Wildman–Crippen MR) is 116 cm³/mol. The maximum Gasteiger partial charge on any atom is 0.276 e. The van der Waals surface area contributed by atoms with Gasteiger partial charge in [-0.05, 0) is 54.1 Å². The molecule has 0 saturated carbocycles. The Labute approximate surface area is 178 Å². The minimum Gasteiger partial charge on any atom is -0.508 e. The first-order chi connectivity index (χ1) is 15.1. The molecule has 0 fully saturated rings. The van der Waals surface area contributed by atoms with Gasteiger partial charge in [-0.15, -0.1) is 5.10 Å². The van der Waals surface area contributed by atoms with Gasteiger partial charge in [0, 0.05) is 12.2 Å². The molecule has 4 aromatic rings. The van der Waals surface area contributed by atoms with Gasteiger partial charge in [0.2, 0.25) is 0 Å². The molecule has 0 aliphatic carbocycles. The molecule has 2 aromatic heterocycles. The van der Waals surface area contributed by atoms with Gasteiger partial charge in [0.15, 0.2) is 22.8 Å². The van der Waals surface area contributed by atoms with Gasteiger partial charge in [-0.25, -0.2) is 9.50 Å². The van der Waals surface area contributed by atoms with E-state index in [4.69, 9.17) is 9.47 Å². The van der Waals surface area contributed by atoms with Crippen molar-refractivity contribution in [3.8, 4) is 17.2 Å². The Hall–Kier alpha value is -4.27. The van der Waals surface area contributed by atoms with Crippen molar-refractivity contribution in [3.63, 3.8) is 0 Å². The molecule has 9 nitrogen and oxygen atoms in total. The molecule has 0 spiro atoms. The van der Waals surface area contributed by atoms with Crippen molar-refractivity contribution >= 4 is 23.1 Å². The molecule has 2 aromatic carbocycles. The topological polar surface area (TPSA) is 110 Å². The predicted octanol–water partition coefficient (Wildman–Crippen LogP) is 3.32. The molecular weight excluding hydrogens is 398 g/mol. The molecule has 0 aliphatic heterocycles. The maximum absolute atomic E-state index is 12.7. The van der Waals surface area contributed by atoms with Gasteiger partial charge >= 0.3 is 0 Å². The summed E-state index contributed by atoms with van der Waals surface area (Å²) in [5, 5.41) is 19.9. The summed E-state index contributed by atoms with van der Waals surface area (Å²) in [7, 11) is 3.18. The Balaban J connectivity index is 1.51. The van der Waals surface area contributed by atoms with Gasteiger partial charge < -0.3 is 25.2 Å². The lowest BCUT2D eigenvalue weighted by Crippen LogP contribution is -2.15. The first kappa shape index (κ1) is 20.0. The molecule has 1 amide bonds. The van der Waals surface area contributed by atoms with E-state index in [1.807, 2.05) is 18.2 Å². The lowest BCUT2D eigenvalue weighted by atomic mass is 10.2.